The molecule has 42 heteroatoms. The number of likely N-dealkylation sites (tertiary alicyclic amines) is 1. The highest BCUT2D eigenvalue weighted by atomic mass is 35.5. The van der Waals surface area contributed by atoms with Crippen LogP contribution in [0.3, 0.4) is 0 Å². The van der Waals surface area contributed by atoms with Crippen molar-refractivity contribution in [2.45, 2.75) is 104 Å². The van der Waals surface area contributed by atoms with Crippen LogP contribution in [0.2, 0.25) is 5.02 Å². The van der Waals surface area contributed by atoms with E-state index in [-0.39, 0.29) is 128 Å². The molecule has 0 radical (unpaired) electrons. The van der Waals surface area contributed by atoms with Crippen LogP contribution in [-0.2, 0) is 121 Å². The lowest BCUT2D eigenvalue weighted by Crippen LogP contribution is -2.57. The van der Waals surface area contributed by atoms with E-state index in [1.807, 2.05) is 49.4 Å². The predicted octanol–water partition coefficient (Wildman–Crippen LogP) is 9.58. The highest BCUT2D eigenvalue weighted by Gasteiger charge is 2.37. The molecule has 4 atom stereocenters. The van der Waals surface area contributed by atoms with Gasteiger partial charge in [0.15, 0.2) is 5.82 Å². The van der Waals surface area contributed by atoms with Gasteiger partial charge < -0.3 is 122 Å². The standard InChI is InChI=1S/C103H139ClFN13O26S/c1-71(2)94(114-88(119)28-38-130-40-35-117-90(121)64-72(3)101(117)124)98(123)113-83(16-13-30-108-103(106)127)97(122)112-79-24-21-76(77(65-79)67-115(5)89(120)29-39-131-44-45-133-48-49-135-52-53-137-56-57-139-60-61-141-63-62-140-59-58-138-55-54-136-51-50-134-47-46-132-43-42-128-7)68-118(6)36-32-116(33-37-118)34-41-142-86-26-25-81(73(4)93(86)104)91-92-99(109-70-110-100(92)145-95(91)74-19-22-78(105)23-20-74)144-87(102(125)126)66-75-14-9-11-17-84(75)143-69-80-27-31-107-96(111-80)82-15-10-12-18-85(82)129-8/h9-12,14-15,17-27,31,65,70-72,83,87,94H,13,16,28-30,32-64,66-69H2,1-8H3,(H6-,106,108,112,113,114,119,122,123,125,126,127)/p+1/t72?,83-,87+,94-/m0/s1. The Morgan fingerprint density at radius 2 is 1.22 bits per heavy atom. The van der Waals surface area contributed by atoms with Crippen molar-refractivity contribution >= 4 is 86.3 Å². The minimum absolute atomic E-state index is 0.00116. The molecule has 3 aromatic heterocycles. The molecule has 5 heterocycles. The number of nitrogens with two attached hydrogens (primary N) is 1. The van der Waals surface area contributed by atoms with Crippen LogP contribution in [0, 0.1) is 24.6 Å². The van der Waals surface area contributed by atoms with Gasteiger partial charge in [0.05, 0.1) is 227 Å². The number of aliphatic carboxylic acids is 1. The summed E-state index contributed by atoms with van der Waals surface area (Å²) in [6.07, 6.45) is 1.66. The fourth-order valence-electron chi connectivity index (χ4n) is 15.8. The number of carbonyl (C=O) groups excluding carboxylic acids is 7. The third-order valence-electron chi connectivity index (χ3n) is 23.8. The number of primary amides is 1. The number of ether oxygens (including phenoxy) is 17. The Morgan fingerprint density at radius 3 is 1.81 bits per heavy atom. The van der Waals surface area contributed by atoms with Crippen LogP contribution >= 0.6 is 22.9 Å². The number of carboxylic acid groups (broad SMARTS) is 1. The first-order chi connectivity index (χ1) is 70.3. The highest BCUT2D eigenvalue weighted by molar-refractivity contribution is 7.22. The van der Waals surface area contributed by atoms with Gasteiger partial charge in [-0.15, -0.1) is 11.3 Å². The molecule has 0 saturated carbocycles. The van der Waals surface area contributed by atoms with E-state index in [9.17, 15) is 47.9 Å². The Kier molecular flexibility index (Phi) is 50.6. The molecule has 7 N–H and O–H groups in total. The lowest BCUT2D eigenvalue weighted by atomic mass is 9.96. The van der Waals surface area contributed by atoms with E-state index in [0.29, 0.717) is 251 Å². The molecule has 5 aromatic carbocycles. The van der Waals surface area contributed by atoms with E-state index in [1.54, 1.807) is 108 Å². The molecule has 2 fully saturated rings. The number of amides is 8. The minimum Gasteiger partial charge on any atom is -0.496 e. The summed E-state index contributed by atoms with van der Waals surface area (Å²) < 4.78 is 112. The van der Waals surface area contributed by atoms with Crippen molar-refractivity contribution in [3.05, 3.63) is 161 Å². The topological polar surface area (TPSA) is 449 Å². The number of urea groups is 1. The largest absolute Gasteiger partial charge is 0.496 e. The first-order valence-corrected chi connectivity index (χ1v) is 50.1. The lowest BCUT2D eigenvalue weighted by molar-refractivity contribution is -0.926. The number of quaternary nitrogens is 1. The van der Waals surface area contributed by atoms with Crippen LogP contribution in [0.5, 0.6) is 23.1 Å². The van der Waals surface area contributed by atoms with Gasteiger partial charge in [0.25, 0.3) is 0 Å². The number of para-hydroxylation sites is 2. The Bertz CT molecular complexity index is 5360. The number of rotatable bonds is 72. The summed E-state index contributed by atoms with van der Waals surface area (Å²) in [7, 11) is 7.08. The summed E-state index contributed by atoms with van der Waals surface area (Å²) in [5.74, 6) is -3.14. The summed E-state index contributed by atoms with van der Waals surface area (Å²) in [5.41, 5.74) is 11.8. The van der Waals surface area contributed by atoms with E-state index in [0.717, 1.165) is 29.1 Å². The van der Waals surface area contributed by atoms with Crippen molar-refractivity contribution < 1.29 is 133 Å². The molecule has 2 aliphatic heterocycles. The molecule has 1 unspecified atom stereocenters. The molecular weight excluding hydrogens is 1920 g/mol. The molecule has 8 amide bonds. The van der Waals surface area contributed by atoms with E-state index in [4.69, 9.17) is 103 Å². The smallest absolute Gasteiger partial charge is 0.345 e. The maximum absolute atomic E-state index is 14.7. The van der Waals surface area contributed by atoms with Crippen molar-refractivity contribution in [1.29, 1.82) is 0 Å². The number of methoxy groups -OCH3 is 2. The predicted molar refractivity (Wildman–Crippen MR) is 539 cm³/mol. The number of anilines is 1. The lowest BCUT2D eigenvalue weighted by Gasteiger charge is -2.42. The van der Waals surface area contributed by atoms with Crippen LogP contribution in [0.25, 0.3) is 43.2 Å². The number of piperazine rings is 1. The van der Waals surface area contributed by atoms with Gasteiger partial charge in [-0.3, -0.25) is 38.6 Å². The van der Waals surface area contributed by atoms with Gasteiger partial charge in [0, 0.05) is 99.9 Å². The van der Waals surface area contributed by atoms with E-state index in [2.05, 4.69) is 48.2 Å². The molecule has 145 heavy (non-hydrogen) atoms. The van der Waals surface area contributed by atoms with Crippen molar-refractivity contribution in [3.63, 3.8) is 0 Å². The third kappa shape index (κ3) is 39.2. The van der Waals surface area contributed by atoms with Crippen LogP contribution in [-0.4, -0.2) is 356 Å². The number of hydrogen-bond donors (Lipinski definition) is 6. The molecule has 2 aliphatic rings. The number of thiophene rings is 1. The number of carboxylic acids is 1. The van der Waals surface area contributed by atoms with Crippen molar-refractivity contribution in [2.75, 3.05) is 251 Å². The maximum Gasteiger partial charge on any atom is 0.345 e. The summed E-state index contributed by atoms with van der Waals surface area (Å²) >= 11 is 8.67. The summed E-state index contributed by atoms with van der Waals surface area (Å²) in [6, 6.07) is 28.4. The summed E-state index contributed by atoms with van der Waals surface area (Å²) in [5, 5.41) is 22.8. The molecule has 39 nitrogen and oxygen atoms in total. The fraction of sp³-hybridized carbons (Fsp3) is 0.534. The van der Waals surface area contributed by atoms with Gasteiger partial charge in [0.1, 0.15) is 66.1 Å². The molecule has 0 spiro atoms. The van der Waals surface area contributed by atoms with Crippen LogP contribution in [0.1, 0.15) is 80.8 Å². The molecule has 10 rings (SSSR count). The van der Waals surface area contributed by atoms with Gasteiger partial charge in [0.2, 0.25) is 47.4 Å². The van der Waals surface area contributed by atoms with Gasteiger partial charge in [-0.1, -0.05) is 87.0 Å². The zero-order valence-corrected chi connectivity index (χ0v) is 85.7. The highest BCUT2D eigenvalue weighted by Crippen LogP contribution is 2.50. The van der Waals surface area contributed by atoms with Gasteiger partial charge >= 0.3 is 12.0 Å². The third-order valence-corrected chi connectivity index (χ3v) is 25.5. The Morgan fingerprint density at radius 1 is 0.634 bits per heavy atom. The van der Waals surface area contributed by atoms with E-state index >= 15 is 0 Å². The van der Waals surface area contributed by atoms with E-state index in [1.165, 1.54) is 29.8 Å². The number of fused-ring (bicyclic) bond motifs is 1. The normalized spacial score (nSPS) is 14.3. The Hall–Kier alpha value is -11.2. The summed E-state index contributed by atoms with van der Waals surface area (Å²) in [4.78, 5) is 131. The zero-order valence-electron chi connectivity index (χ0n) is 84.1. The van der Waals surface area contributed by atoms with Gasteiger partial charge in [-0.2, -0.15) is 0 Å². The van der Waals surface area contributed by atoms with Crippen LogP contribution in [0.4, 0.5) is 14.9 Å². The van der Waals surface area contributed by atoms with Crippen molar-refractivity contribution in [3.8, 4) is 56.1 Å². The number of imide groups is 1. The maximum atomic E-state index is 14.7. The number of nitrogens with zero attached hydrogens (tertiary/aromatic N) is 8. The summed E-state index contributed by atoms with van der Waals surface area (Å²) in [6.45, 7) is 21.0. The first kappa shape index (κ1) is 116. The molecule has 0 aliphatic carbocycles. The Balaban J connectivity index is 0.714. The van der Waals surface area contributed by atoms with Crippen molar-refractivity contribution in [2.24, 2.45) is 17.6 Å². The SMILES string of the molecule is COCCOCCOCCOCCOCCOCCOCCOCCOCCOCCOCCOCCC(=O)N(C)Cc1cc(NC(=O)[C@H](CCCNC(N)=O)NC(=O)[C@@H](NC(=O)CCOCCN2C(=O)CC(C)C2=O)C(C)C)ccc1C[N+]1(C)CCN(CCOc2ccc(-c3c(-c4ccc(F)cc4)sc4ncnc(O[C@H](Cc5ccccc5OCc5ccnc(-c6ccccc6OC)n5)C(=O)O)c34)c(C)c2Cl)CC1. The average Bonchev–Trinajstić information content (AvgIpc) is 1.59. The molecular formula is C103H140ClFN13O26S+. The van der Waals surface area contributed by atoms with Crippen LogP contribution in [0.15, 0.2) is 122 Å². The van der Waals surface area contributed by atoms with Crippen LogP contribution < -0.4 is 45.9 Å². The Labute approximate surface area is 854 Å². The number of hydrogen-bond acceptors (Lipinski definition) is 31. The molecule has 8 aromatic rings. The molecule has 792 valence electrons. The number of carbonyl (C=O) groups is 8. The average molecular weight is 2060 g/mol. The van der Waals surface area contributed by atoms with E-state index < -0.39 is 65.6 Å². The van der Waals surface area contributed by atoms with Crippen molar-refractivity contribution in [1.82, 2.24) is 50.6 Å². The zero-order chi connectivity index (χ0) is 104. The second-order valence-corrected chi connectivity index (χ2v) is 36.5. The number of benzene rings is 5. The first-order valence-electron chi connectivity index (χ1n) is 48.9. The molecule has 2 saturated heterocycles. The number of aromatic nitrogens is 4. The fourth-order valence-corrected chi connectivity index (χ4v) is 17.2. The number of nitrogens with one attached hydrogen (secondary N) is 4. The minimum atomic E-state index is -1.48. The second-order valence-electron chi connectivity index (χ2n) is 35.1. The molecule has 0 bridgehead atoms. The second kappa shape index (κ2) is 63.4. The quantitative estimate of drug-likeness (QED) is 0.0117. The number of likely N-dealkylation sites (N-methyl/N-ethyl adjacent to an activating group) is 1. The van der Waals surface area contributed by atoms with Gasteiger partial charge in [-0.25, -0.2) is 33.9 Å². The monoisotopic (exact) mass is 2060 g/mol. The number of halogens is 2. The van der Waals surface area contributed by atoms with Gasteiger partial charge in [-0.05, 0) is 108 Å².